The number of hydrogen-bond donors (Lipinski definition) is 0. The number of hydrogen-bond acceptors (Lipinski definition) is 7. The van der Waals surface area contributed by atoms with E-state index in [1.807, 2.05) is 34.7 Å². The standard InChI is InChI=1S/C22H16N4O2S2/c27-26(28)17-10-8-15(9-11-17)19-14-30-22(23-19)25-20(16-5-2-1-3-6-16)13-18(24-25)21-7-4-12-29-21/h1-12,14,20H,13H2/t20-/m0/s1. The van der Waals surface area contributed by atoms with E-state index in [-0.39, 0.29) is 11.7 Å². The zero-order chi connectivity index (χ0) is 20.5. The van der Waals surface area contributed by atoms with E-state index in [9.17, 15) is 10.1 Å². The van der Waals surface area contributed by atoms with Crippen molar-refractivity contribution in [3.8, 4) is 11.3 Å². The van der Waals surface area contributed by atoms with Gasteiger partial charge >= 0.3 is 0 Å². The van der Waals surface area contributed by atoms with Crippen molar-refractivity contribution in [2.45, 2.75) is 12.5 Å². The summed E-state index contributed by atoms with van der Waals surface area (Å²) < 4.78 is 0. The molecule has 4 aromatic rings. The third-order valence-electron chi connectivity index (χ3n) is 4.96. The van der Waals surface area contributed by atoms with Crippen LogP contribution >= 0.6 is 22.7 Å². The largest absolute Gasteiger partial charge is 0.269 e. The Bertz CT molecular complexity index is 1200. The number of nitro benzene ring substituents is 1. The molecular weight excluding hydrogens is 416 g/mol. The van der Waals surface area contributed by atoms with E-state index in [1.54, 1.807) is 23.5 Å². The molecule has 30 heavy (non-hydrogen) atoms. The summed E-state index contributed by atoms with van der Waals surface area (Å²) in [5.41, 5.74) is 3.96. The third kappa shape index (κ3) is 3.51. The van der Waals surface area contributed by atoms with Crippen LogP contribution in [0.25, 0.3) is 11.3 Å². The number of non-ortho nitro benzene ring substituents is 1. The van der Waals surface area contributed by atoms with E-state index < -0.39 is 4.92 Å². The predicted octanol–water partition coefficient (Wildman–Crippen LogP) is 6.14. The van der Waals surface area contributed by atoms with Crippen molar-refractivity contribution >= 4 is 39.2 Å². The van der Waals surface area contributed by atoms with Crippen molar-refractivity contribution in [2.24, 2.45) is 5.10 Å². The molecule has 3 heterocycles. The summed E-state index contributed by atoms with van der Waals surface area (Å²) in [7, 11) is 0. The lowest BCUT2D eigenvalue weighted by molar-refractivity contribution is -0.384. The summed E-state index contributed by atoms with van der Waals surface area (Å²) in [6, 6.07) is 21.0. The van der Waals surface area contributed by atoms with Gasteiger partial charge in [-0.05, 0) is 29.1 Å². The Hall–Kier alpha value is -3.36. The van der Waals surface area contributed by atoms with Gasteiger partial charge in [0, 0.05) is 29.5 Å². The summed E-state index contributed by atoms with van der Waals surface area (Å²) in [6.07, 6.45) is 0.816. The highest BCUT2D eigenvalue weighted by Gasteiger charge is 2.32. The van der Waals surface area contributed by atoms with Crippen molar-refractivity contribution < 1.29 is 4.92 Å². The smallest absolute Gasteiger partial charge is 0.258 e. The van der Waals surface area contributed by atoms with Gasteiger partial charge in [-0.2, -0.15) is 5.10 Å². The lowest BCUT2D eigenvalue weighted by atomic mass is 10.0. The molecule has 0 spiro atoms. The monoisotopic (exact) mass is 432 g/mol. The molecule has 6 nitrogen and oxygen atoms in total. The van der Waals surface area contributed by atoms with E-state index in [4.69, 9.17) is 10.1 Å². The zero-order valence-electron chi connectivity index (χ0n) is 15.7. The number of anilines is 1. The van der Waals surface area contributed by atoms with Gasteiger partial charge in [-0.25, -0.2) is 9.99 Å². The van der Waals surface area contributed by atoms with Gasteiger partial charge in [-0.1, -0.05) is 36.4 Å². The van der Waals surface area contributed by atoms with Crippen LogP contribution in [0.4, 0.5) is 10.8 Å². The number of nitro groups is 1. The van der Waals surface area contributed by atoms with Gasteiger partial charge in [0.2, 0.25) is 5.13 Å². The Kier molecular flexibility index (Phi) is 4.86. The van der Waals surface area contributed by atoms with Crippen LogP contribution in [0, 0.1) is 10.1 Å². The first-order valence-electron chi connectivity index (χ1n) is 9.35. The molecular formula is C22H16N4O2S2. The minimum absolute atomic E-state index is 0.0723. The molecule has 8 heteroatoms. The second-order valence-electron chi connectivity index (χ2n) is 6.82. The minimum atomic E-state index is -0.397. The highest BCUT2D eigenvalue weighted by molar-refractivity contribution is 7.14. The molecule has 1 aliphatic heterocycles. The molecule has 2 aromatic carbocycles. The van der Waals surface area contributed by atoms with E-state index in [1.165, 1.54) is 33.9 Å². The maximum absolute atomic E-state index is 10.9. The van der Waals surface area contributed by atoms with Crippen LogP contribution in [0.15, 0.2) is 82.6 Å². The molecule has 0 unspecified atom stereocenters. The van der Waals surface area contributed by atoms with Gasteiger partial charge in [-0.15, -0.1) is 22.7 Å². The van der Waals surface area contributed by atoms with Gasteiger partial charge < -0.3 is 0 Å². The number of benzene rings is 2. The first-order valence-corrected chi connectivity index (χ1v) is 11.1. The van der Waals surface area contributed by atoms with Gasteiger partial charge in [-0.3, -0.25) is 10.1 Å². The third-order valence-corrected chi connectivity index (χ3v) is 6.71. The first kappa shape index (κ1) is 18.7. The Morgan fingerprint density at radius 3 is 2.50 bits per heavy atom. The maximum Gasteiger partial charge on any atom is 0.269 e. The van der Waals surface area contributed by atoms with Crippen molar-refractivity contribution in [1.82, 2.24) is 4.98 Å². The zero-order valence-corrected chi connectivity index (χ0v) is 17.3. The first-order chi connectivity index (χ1) is 14.7. The number of aromatic nitrogens is 1. The van der Waals surface area contributed by atoms with Crippen LogP contribution in [0.3, 0.4) is 0 Å². The molecule has 2 aromatic heterocycles. The second kappa shape index (κ2) is 7.81. The Balaban J connectivity index is 1.49. The molecule has 0 saturated heterocycles. The quantitative estimate of drug-likeness (QED) is 0.281. The topological polar surface area (TPSA) is 71.6 Å². The summed E-state index contributed by atoms with van der Waals surface area (Å²) in [5.74, 6) is 0. The van der Waals surface area contributed by atoms with Crippen molar-refractivity contribution in [3.63, 3.8) is 0 Å². The molecule has 0 fully saturated rings. The van der Waals surface area contributed by atoms with Crippen molar-refractivity contribution in [2.75, 3.05) is 5.01 Å². The summed E-state index contributed by atoms with van der Waals surface area (Å²) >= 11 is 3.22. The summed E-state index contributed by atoms with van der Waals surface area (Å²) in [5, 5.41) is 22.7. The SMILES string of the molecule is O=[N+]([O-])c1ccc(-c2csc(N3N=C(c4cccs4)C[C@H]3c3ccccc3)n2)cc1. The minimum Gasteiger partial charge on any atom is -0.258 e. The number of nitrogens with zero attached hydrogens (tertiary/aromatic N) is 4. The fourth-order valence-corrected chi connectivity index (χ4v) is 5.02. The normalized spacial score (nSPS) is 15.9. The molecule has 0 saturated carbocycles. The van der Waals surface area contributed by atoms with E-state index in [0.717, 1.165) is 28.5 Å². The van der Waals surface area contributed by atoms with Gasteiger partial charge in [0.05, 0.1) is 27.2 Å². The average molecular weight is 433 g/mol. The number of thiazole rings is 1. The van der Waals surface area contributed by atoms with E-state index in [0.29, 0.717) is 0 Å². The van der Waals surface area contributed by atoms with Crippen LogP contribution in [0.5, 0.6) is 0 Å². The number of hydrazone groups is 1. The fraction of sp³-hybridized carbons (Fsp3) is 0.0909. The molecule has 0 radical (unpaired) electrons. The molecule has 0 amide bonds. The highest BCUT2D eigenvalue weighted by atomic mass is 32.1. The van der Waals surface area contributed by atoms with Gasteiger partial charge in [0.25, 0.3) is 5.69 Å². The Morgan fingerprint density at radius 1 is 1.00 bits per heavy atom. The van der Waals surface area contributed by atoms with Gasteiger partial charge in [0.15, 0.2) is 0 Å². The van der Waals surface area contributed by atoms with Crippen LogP contribution in [-0.2, 0) is 0 Å². The van der Waals surface area contributed by atoms with Crippen LogP contribution in [-0.4, -0.2) is 15.6 Å². The molecule has 1 aliphatic rings. The molecule has 1 atom stereocenters. The van der Waals surface area contributed by atoms with E-state index >= 15 is 0 Å². The maximum atomic E-state index is 10.9. The lowest BCUT2D eigenvalue weighted by Crippen LogP contribution is -2.18. The van der Waals surface area contributed by atoms with Crippen molar-refractivity contribution in [3.05, 3.63) is 98.0 Å². The lowest BCUT2D eigenvalue weighted by Gasteiger charge is -2.21. The highest BCUT2D eigenvalue weighted by Crippen LogP contribution is 2.39. The fourth-order valence-electron chi connectivity index (χ4n) is 3.47. The number of rotatable bonds is 5. The van der Waals surface area contributed by atoms with Crippen LogP contribution < -0.4 is 5.01 Å². The molecule has 0 aliphatic carbocycles. The number of thiophene rings is 1. The summed E-state index contributed by atoms with van der Waals surface area (Å²) in [6.45, 7) is 0. The van der Waals surface area contributed by atoms with Crippen LogP contribution in [0.2, 0.25) is 0 Å². The van der Waals surface area contributed by atoms with Crippen LogP contribution in [0.1, 0.15) is 22.9 Å². The van der Waals surface area contributed by atoms with E-state index in [2.05, 4.69) is 23.6 Å². The Labute approximate surface area is 180 Å². The molecule has 5 rings (SSSR count). The molecule has 0 N–H and O–H groups in total. The Morgan fingerprint density at radius 2 is 1.80 bits per heavy atom. The molecule has 148 valence electrons. The van der Waals surface area contributed by atoms with Crippen molar-refractivity contribution in [1.29, 1.82) is 0 Å². The molecule has 0 bridgehead atoms. The van der Waals surface area contributed by atoms with Gasteiger partial charge in [0.1, 0.15) is 0 Å². The predicted molar refractivity (Wildman–Crippen MR) is 121 cm³/mol. The summed E-state index contributed by atoms with van der Waals surface area (Å²) in [4.78, 5) is 16.5. The second-order valence-corrected chi connectivity index (χ2v) is 8.60. The average Bonchev–Trinajstić information content (AvgIpc) is 3.54.